The molecule has 0 atom stereocenters. The number of carboxylic acids is 1. The van der Waals surface area contributed by atoms with E-state index in [1.165, 1.54) is 0 Å². The summed E-state index contributed by atoms with van der Waals surface area (Å²) in [5.74, 6) is -1.34. The first-order chi connectivity index (χ1) is 5.64. The summed E-state index contributed by atoms with van der Waals surface area (Å²) in [7, 11) is 0. The van der Waals surface area contributed by atoms with E-state index >= 15 is 0 Å². The molecule has 0 unspecified atom stereocenters. The number of hydrogen-bond acceptors (Lipinski definition) is 3. The Labute approximate surface area is 88.7 Å². The van der Waals surface area contributed by atoms with Gasteiger partial charge in [-0.15, -0.1) is 0 Å². The van der Waals surface area contributed by atoms with E-state index in [0.29, 0.717) is 12.8 Å². The van der Waals surface area contributed by atoms with Gasteiger partial charge in [-0.3, -0.25) is 4.79 Å². The molecule has 0 amide bonds. The van der Waals surface area contributed by atoms with Gasteiger partial charge in [-0.1, -0.05) is 0 Å². The molecule has 0 bridgehead atoms. The Morgan fingerprint density at radius 2 is 1.85 bits per heavy atom. The predicted molar refractivity (Wildman–Crippen MR) is 48.4 cm³/mol. The summed E-state index contributed by atoms with van der Waals surface area (Å²) in [4.78, 5) is 21.7. The van der Waals surface area contributed by atoms with Gasteiger partial charge in [0.05, 0.1) is 5.92 Å². The molecule has 2 fully saturated rings. The van der Waals surface area contributed by atoms with Crippen LogP contribution in [0.15, 0.2) is 0 Å². The van der Waals surface area contributed by atoms with Crippen molar-refractivity contribution in [2.24, 2.45) is 5.92 Å². The molecule has 13 heavy (non-hydrogen) atoms. The Bertz CT molecular complexity index is 243. The summed E-state index contributed by atoms with van der Waals surface area (Å²) >= 11 is 0. The van der Waals surface area contributed by atoms with Crippen molar-refractivity contribution in [3.05, 3.63) is 0 Å². The molecule has 5 heteroatoms. The molecule has 2 rings (SSSR count). The molecular formula is C8H13GaO4. The number of carboxylic acid groups (broad SMARTS) is 1. The van der Waals surface area contributed by atoms with Gasteiger partial charge in [0.2, 0.25) is 5.60 Å². The number of rotatable bonds is 3. The molecule has 2 aliphatic carbocycles. The zero-order chi connectivity index (χ0) is 8.77. The van der Waals surface area contributed by atoms with Crippen molar-refractivity contribution in [2.45, 2.75) is 31.3 Å². The van der Waals surface area contributed by atoms with Crippen LogP contribution >= 0.6 is 0 Å². The summed E-state index contributed by atoms with van der Waals surface area (Å²) in [6, 6.07) is 0. The van der Waals surface area contributed by atoms with E-state index in [0.717, 1.165) is 12.8 Å². The molecule has 0 aromatic carbocycles. The molecule has 0 radical (unpaired) electrons. The third-order valence-electron chi connectivity index (χ3n) is 2.30. The number of ether oxygens (including phenoxy) is 1. The standard InChI is InChI=1S/C8H10O4.Ga.3H/c9-6(5-1-2-5)12-8(3-4-8)7(10)11;;;;/h5H,1-4H2,(H,10,11);;;;. The maximum atomic E-state index is 11.1. The van der Waals surface area contributed by atoms with Crippen LogP contribution in [0.1, 0.15) is 25.7 Å². The van der Waals surface area contributed by atoms with E-state index in [-0.39, 0.29) is 31.7 Å². The van der Waals surface area contributed by atoms with Crippen molar-refractivity contribution in [1.82, 2.24) is 0 Å². The van der Waals surface area contributed by atoms with Gasteiger partial charge in [0.1, 0.15) is 0 Å². The molecule has 0 aromatic heterocycles. The summed E-state index contributed by atoms with van der Waals surface area (Å²) in [5.41, 5.74) is -1.14. The number of hydrogen-bond donors (Lipinski definition) is 1. The third kappa shape index (κ3) is 2.08. The van der Waals surface area contributed by atoms with Crippen molar-refractivity contribution >= 4 is 31.7 Å². The van der Waals surface area contributed by atoms with Crippen molar-refractivity contribution in [1.29, 1.82) is 0 Å². The van der Waals surface area contributed by atoms with Gasteiger partial charge in [0, 0.05) is 12.8 Å². The van der Waals surface area contributed by atoms with Gasteiger partial charge in [-0.25, -0.2) is 4.79 Å². The monoisotopic (exact) mass is 242 g/mol. The van der Waals surface area contributed by atoms with Crippen molar-refractivity contribution in [2.75, 3.05) is 0 Å². The Hall–Kier alpha value is -0.424. The van der Waals surface area contributed by atoms with Crippen molar-refractivity contribution in [3.63, 3.8) is 0 Å². The van der Waals surface area contributed by atoms with Crippen LogP contribution in [-0.4, -0.2) is 42.4 Å². The Morgan fingerprint density at radius 3 is 2.15 bits per heavy atom. The summed E-state index contributed by atoms with van der Waals surface area (Å²) < 4.78 is 4.90. The second-order valence-electron chi connectivity index (χ2n) is 3.49. The third-order valence-corrected chi connectivity index (χ3v) is 2.30. The quantitative estimate of drug-likeness (QED) is 0.529. The van der Waals surface area contributed by atoms with E-state index in [9.17, 15) is 9.59 Å². The number of carbonyl (C=O) groups excluding carboxylic acids is 1. The SMILES string of the molecule is O=C(OC1(C(=O)O)CC1)C1CC1.[GaH3]. The topological polar surface area (TPSA) is 63.6 Å². The average molecular weight is 243 g/mol. The van der Waals surface area contributed by atoms with E-state index in [1.807, 2.05) is 0 Å². The second-order valence-corrected chi connectivity index (χ2v) is 3.49. The number of carbonyl (C=O) groups is 2. The summed E-state index contributed by atoms with van der Waals surface area (Å²) in [5, 5.41) is 8.68. The van der Waals surface area contributed by atoms with E-state index in [1.54, 1.807) is 0 Å². The van der Waals surface area contributed by atoms with Crippen LogP contribution in [0.25, 0.3) is 0 Å². The first-order valence-electron chi connectivity index (χ1n) is 4.10. The van der Waals surface area contributed by atoms with Crippen LogP contribution in [0.5, 0.6) is 0 Å². The van der Waals surface area contributed by atoms with Gasteiger partial charge in [-0.2, -0.15) is 0 Å². The molecule has 2 saturated carbocycles. The van der Waals surface area contributed by atoms with E-state index in [2.05, 4.69) is 0 Å². The fraction of sp³-hybridized carbons (Fsp3) is 0.750. The van der Waals surface area contributed by atoms with Gasteiger partial charge in [0.25, 0.3) is 0 Å². The molecule has 0 saturated heterocycles. The molecule has 0 spiro atoms. The first-order valence-corrected chi connectivity index (χ1v) is 4.10. The summed E-state index contributed by atoms with van der Waals surface area (Å²) in [6.07, 6.45) is 2.66. The molecular weight excluding hydrogens is 230 g/mol. The minimum atomic E-state index is -1.14. The van der Waals surface area contributed by atoms with Gasteiger partial charge < -0.3 is 9.84 Å². The van der Waals surface area contributed by atoms with Crippen LogP contribution in [0.3, 0.4) is 0 Å². The predicted octanol–water partition coefficient (Wildman–Crippen LogP) is -0.627. The molecule has 0 aliphatic heterocycles. The fourth-order valence-corrected chi connectivity index (χ4v) is 1.07. The van der Waals surface area contributed by atoms with Crippen LogP contribution in [0, 0.1) is 5.92 Å². The number of aliphatic carboxylic acids is 1. The molecule has 4 nitrogen and oxygen atoms in total. The van der Waals surface area contributed by atoms with Gasteiger partial charge >= 0.3 is 31.7 Å². The zero-order valence-corrected chi connectivity index (χ0v) is 6.58. The van der Waals surface area contributed by atoms with Crippen LogP contribution < -0.4 is 0 Å². The molecule has 0 aromatic rings. The Balaban J connectivity index is 0.000000845. The van der Waals surface area contributed by atoms with E-state index in [4.69, 9.17) is 9.84 Å². The zero-order valence-electron chi connectivity index (χ0n) is 6.58. The Kier molecular flexibility index (Phi) is 2.77. The first kappa shape index (κ1) is 10.7. The molecule has 2 aliphatic rings. The molecule has 0 heterocycles. The summed E-state index contributed by atoms with van der Waals surface area (Å²) in [6.45, 7) is 0. The van der Waals surface area contributed by atoms with Gasteiger partial charge in [0.15, 0.2) is 0 Å². The van der Waals surface area contributed by atoms with Crippen LogP contribution in [0.2, 0.25) is 0 Å². The molecule has 72 valence electrons. The van der Waals surface area contributed by atoms with Crippen LogP contribution in [-0.2, 0) is 14.3 Å². The fourth-order valence-electron chi connectivity index (χ4n) is 1.07. The molecule has 1 N–H and O–H groups in total. The van der Waals surface area contributed by atoms with Gasteiger partial charge in [-0.05, 0) is 12.8 Å². The maximum absolute atomic E-state index is 11.1. The van der Waals surface area contributed by atoms with Crippen molar-refractivity contribution < 1.29 is 19.4 Å². The second kappa shape index (κ2) is 3.38. The number of esters is 1. The minimum absolute atomic E-state index is 0. The van der Waals surface area contributed by atoms with E-state index < -0.39 is 11.6 Å². The average Bonchev–Trinajstić information content (AvgIpc) is 2.84. The normalized spacial score (nSPS) is 22.8. The Morgan fingerprint density at radius 1 is 1.31 bits per heavy atom. The van der Waals surface area contributed by atoms with Crippen molar-refractivity contribution in [3.8, 4) is 0 Å². The van der Waals surface area contributed by atoms with Crippen LogP contribution in [0.4, 0.5) is 0 Å².